The van der Waals surface area contributed by atoms with Crippen molar-refractivity contribution in [3.05, 3.63) is 0 Å². The fourth-order valence-corrected chi connectivity index (χ4v) is 2.40. The van der Waals surface area contributed by atoms with Crippen LogP contribution in [0, 0.1) is 5.92 Å². The number of carbonyl (C=O) groups is 1. The van der Waals surface area contributed by atoms with Crippen molar-refractivity contribution < 1.29 is 18.0 Å². The van der Waals surface area contributed by atoms with Crippen LogP contribution in [0.4, 0.5) is 13.2 Å². The second-order valence-corrected chi connectivity index (χ2v) is 6.19. The second kappa shape index (κ2) is 7.98. The van der Waals surface area contributed by atoms with Gasteiger partial charge in [-0.2, -0.15) is 13.2 Å². The maximum absolute atomic E-state index is 12.3. The van der Waals surface area contributed by atoms with Gasteiger partial charge in [0.1, 0.15) is 0 Å². The van der Waals surface area contributed by atoms with Crippen LogP contribution in [-0.2, 0) is 4.79 Å². The summed E-state index contributed by atoms with van der Waals surface area (Å²) >= 11 is 0. The van der Waals surface area contributed by atoms with Gasteiger partial charge in [-0.25, -0.2) is 0 Å². The van der Waals surface area contributed by atoms with Gasteiger partial charge in [0.25, 0.3) is 0 Å². The van der Waals surface area contributed by atoms with Crippen LogP contribution in [0.15, 0.2) is 0 Å². The molecule has 1 amide bonds. The molecule has 0 saturated carbocycles. The van der Waals surface area contributed by atoms with Gasteiger partial charge in [-0.05, 0) is 38.8 Å². The third-order valence-corrected chi connectivity index (χ3v) is 3.55. The van der Waals surface area contributed by atoms with Crippen LogP contribution in [0.2, 0.25) is 0 Å². The normalized spacial score (nSPS) is 19.8. The van der Waals surface area contributed by atoms with E-state index in [1.807, 2.05) is 13.8 Å². The number of hydrogen-bond donors (Lipinski definition) is 2. The van der Waals surface area contributed by atoms with E-state index in [0.29, 0.717) is 38.4 Å². The van der Waals surface area contributed by atoms with Crippen LogP contribution in [0.1, 0.15) is 33.6 Å². The molecule has 124 valence electrons. The zero-order valence-electron chi connectivity index (χ0n) is 13.0. The lowest BCUT2D eigenvalue weighted by atomic mass is 10.0. The average molecular weight is 309 g/mol. The number of likely N-dealkylation sites (tertiary alicyclic amines) is 1. The molecule has 4 nitrogen and oxygen atoms in total. The van der Waals surface area contributed by atoms with Crippen LogP contribution in [-0.4, -0.2) is 55.2 Å². The fourth-order valence-electron chi connectivity index (χ4n) is 2.40. The van der Waals surface area contributed by atoms with Crippen molar-refractivity contribution in [3.63, 3.8) is 0 Å². The number of nitrogens with zero attached hydrogens (tertiary/aromatic N) is 1. The van der Waals surface area contributed by atoms with Crippen molar-refractivity contribution in [2.45, 2.75) is 51.9 Å². The first-order valence-electron chi connectivity index (χ1n) is 7.50. The van der Waals surface area contributed by atoms with Gasteiger partial charge in [0.15, 0.2) is 0 Å². The average Bonchev–Trinajstić information content (AvgIpc) is 2.36. The Morgan fingerprint density at radius 1 is 1.24 bits per heavy atom. The molecule has 0 aromatic rings. The molecule has 0 spiro atoms. The van der Waals surface area contributed by atoms with Gasteiger partial charge in [-0.3, -0.25) is 9.69 Å². The maximum Gasteiger partial charge on any atom is 0.401 e. The predicted molar refractivity (Wildman–Crippen MR) is 76.0 cm³/mol. The van der Waals surface area contributed by atoms with Crippen LogP contribution >= 0.6 is 0 Å². The van der Waals surface area contributed by atoms with Gasteiger partial charge in [0.2, 0.25) is 5.91 Å². The number of carbonyl (C=O) groups excluding carboxylic acids is 1. The first-order chi connectivity index (χ1) is 9.67. The standard InChI is InChI=1S/C14H26F3N3O/c1-10(2)8-18-13(21)11(3)19-12-4-6-20(7-5-12)9-14(15,16)17/h10-12,19H,4-9H2,1-3H3,(H,18,21). The molecule has 1 rings (SSSR count). The van der Waals surface area contributed by atoms with Crippen molar-refractivity contribution in [1.82, 2.24) is 15.5 Å². The van der Waals surface area contributed by atoms with Crippen molar-refractivity contribution >= 4 is 5.91 Å². The van der Waals surface area contributed by atoms with E-state index in [9.17, 15) is 18.0 Å². The molecule has 1 unspecified atom stereocenters. The maximum atomic E-state index is 12.3. The molecular weight excluding hydrogens is 283 g/mol. The summed E-state index contributed by atoms with van der Waals surface area (Å²) in [6.45, 7) is 6.45. The molecule has 1 heterocycles. The van der Waals surface area contributed by atoms with Crippen LogP contribution in [0.5, 0.6) is 0 Å². The highest BCUT2D eigenvalue weighted by Crippen LogP contribution is 2.19. The van der Waals surface area contributed by atoms with Crippen molar-refractivity contribution in [1.29, 1.82) is 0 Å². The Morgan fingerprint density at radius 2 is 1.81 bits per heavy atom. The molecule has 0 aromatic carbocycles. The molecular formula is C14H26F3N3O. The summed E-state index contributed by atoms with van der Waals surface area (Å²) < 4.78 is 36.9. The molecule has 1 aliphatic heterocycles. The zero-order chi connectivity index (χ0) is 16.0. The number of alkyl halides is 3. The zero-order valence-corrected chi connectivity index (χ0v) is 13.0. The Bertz CT molecular complexity index is 326. The van der Waals surface area contributed by atoms with Crippen LogP contribution in [0.25, 0.3) is 0 Å². The Labute approximate surface area is 124 Å². The minimum atomic E-state index is -4.13. The van der Waals surface area contributed by atoms with Crippen LogP contribution in [0.3, 0.4) is 0 Å². The monoisotopic (exact) mass is 309 g/mol. The largest absolute Gasteiger partial charge is 0.401 e. The minimum Gasteiger partial charge on any atom is -0.354 e. The van der Waals surface area contributed by atoms with E-state index in [1.54, 1.807) is 6.92 Å². The lowest BCUT2D eigenvalue weighted by Crippen LogP contribution is -2.51. The number of hydrogen-bond acceptors (Lipinski definition) is 3. The molecule has 1 atom stereocenters. The lowest BCUT2D eigenvalue weighted by Gasteiger charge is -2.34. The summed E-state index contributed by atoms with van der Waals surface area (Å²) in [5.74, 6) is 0.341. The van der Waals surface area contributed by atoms with Crippen molar-refractivity contribution in [3.8, 4) is 0 Å². The summed E-state index contributed by atoms with van der Waals surface area (Å²) in [4.78, 5) is 13.3. The van der Waals surface area contributed by atoms with E-state index in [1.165, 1.54) is 4.90 Å². The second-order valence-electron chi connectivity index (χ2n) is 6.19. The molecule has 7 heteroatoms. The first-order valence-corrected chi connectivity index (χ1v) is 7.50. The summed E-state index contributed by atoms with van der Waals surface area (Å²) in [6.07, 6.45) is -2.86. The molecule has 1 aliphatic rings. The minimum absolute atomic E-state index is 0.0542. The highest BCUT2D eigenvalue weighted by atomic mass is 19.4. The number of nitrogens with one attached hydrogen (secondary N) is 2. The summed E-state index contributed by atoms with van der Waals surface area (Å²) in [6, 6.07) is -0.211. The smallest absolute Gasteiger partial charge is 0.354 e. The van der Waals surface area contributed by atoms with E-state index in [2.05, 4.69) is 10.6 Å². The third-order valence-electron chi connectivity index (χ3n) is 3.55. The molecule has 0 aromatic heterocycles. The van der Waals surface area contributed by atoms with Crippen molar-refractivity contribution in [2.75, 3.05) is 26.2 Å². The van der Waals surface area contributed by atoms with Gasteiger partial charge in [0.05, 0.1) is 12.6 Å². The molecule has 21 heavy (non-hydrogen) atoms. The Hall–Kier alpha value is -0.820. The quantitative estimate of drug-likeness (QED) is 0.786. The van der Waals surface area contributed by atoms with Gasteiger partial charge in [-0.1, -0.05) is 13.8 Å². The lowest BCUT2D eigenvalue weighted by molar-refractivity contribution is -0.148. The Morgan fingerprint density at radius 3 is 2.29 bits per heavy atom. The fraction of sp³-hybridized carbons (Fsp3) is 0.929. The first kappa shape index (κ1) is 18.2. The van der Waals surface area contributed by atoms with Crippen LogP contribution < -0.4 is 10.6 Å². The SMILES string of the molecule is CC(C)CNC(=O)C(C)NC1CCN(CC(F)(F)F)CC1. The van der Waals surface area contributed by atoms with Gasteiger partial charge >= 0.3 is 6.18 Å². The molecule has 1 fully saturated rings. The summed E-state index contributed by atoms with van der Waals surface area (Å²) in [5, 5.41) is 6.06. The Kier molecular flexibility index (Phi) is 6.93. The van der Waals surface area contributed by atoms with Crippen molar-refractivity contribution in [2.24, 2.45) is 5.92 Å². The Balaban J connectivity index is 2.27. The molecule has 0 radical (unpaired) electrons. The third kappa shape index (κ3) is 7.66. The number of rotatable bonds is 6. The molecule has 2 N–H and O–H groups in total. The highest BCUT2D eigenvalue weighted by Gasteiger charge is 2.32. The summed E-state index contributed by atoms with van der Waals surface area (Å²) in [5.41, 5.74) is 0. The molecule has 1 saturated heterocycles. The number of halogens is 3. The van der Waals surface area contributed by atoms with E-state index < -0.39 is 12.7 Å². The molecule has 0 aliphatic carbocycles. The van der Waals surface area contributed by atoms with E-state index in [4.69, 9.17) is 0 Å². The topological polar surface area (TPSA) is 44.4 Å². The van der Waals surface area contributed by atoms with Gasteiger partial charge in [0, 0.05) is 12.6 Å². The van der Waals surface area contributed by atoms with Gasteiger partial charge < -0.3 is 10.6 Å². The number of amides is 1. The number of piperidine rings is 1. The predicted octanol–water partition coefficient (Wildman–Crippen LogP) is 1.76. The highest BCUT2D eigenvalue weighted by molar-refractivity contribution is 5.81. The van der Waals surface area contributed by atoms with E-state index >= 15 is 0 Å². The van der Waals surface area contributed by atoms with Gasteiger partial charge in [-0.15, -0.1) is 0 Å². The summed E-state index contributed by atoms with van der Waals surface area (Å²) in [7, 11) is 0. The van der Waals surface area contributed by atoms with E-state index in [0.717, 1.165) is 0 Å². The molecule has 0 bridgehead atoms. The van der Waals surface area contributed by atoms with E-state index in [-0.39, 0.29) is 18.0 Å².